The molecule has 4 rings (SSSR count). The molecule has 2 aromatic carbocycles. The number of hydrogen-bond acceptors (Lipinski definition) is 5. The van der Waals surface area contributed by atoms with Crippen LogP contribution in [-0.4, -0.2) is 20.0 Å². The summed E-state index contributed by atoms with van der Waals surface area (Å²) in [6, 6.07) is 19.0. The predicted octanol–water partition coefficient (Wildman–Crippen LogP) is 4.97. The Morgan fingerprint density at radius 2 is 1.75 bits per heavy atom. The number of halogens is 1. The van der Waals surface area contributed by atoms with Gasteiger partial charge in [0.05, 0.1) is 15.9 Å². The van der Waals surface area contributed by atoms with Gasteiger partial charge < -0.3 is 9.73 Å². The summed E-state index contributed by atoms with van der Waals surface area (Å²) < 4.78 is 8.60. The first kappa shape index (κ1) is 18.4. The van der Waals surface area contributed by atoms with E-state index in [2.05, 4.69) is 60.8 Å². The second-order valence-electron chi connectivity index (χ2n) is 6.52. The van der Waals surface area contributed by atoms with Crippen molar-refractivity contribution in [1.82, 2.24) is 20.0 Å². The molecule has 7 heteroatoms. The minimum atomic E-state index is 0.401. The van der Waals surface area contributed by atoms with Gasteiger partial charge in [-0.05, 0) is 46.5 Å². The average Bonchev–Trinajstić information content (AvgIpc) is 3.27. The Labute approximate surface area is 171 Å². The van der Waals surface area contributed by atoms with Crippen LogP contribution < -0.4 is 5.32 Å². The van der Waals surface area contributed by atoms with Crippen molar-refractivity contribution >= 4 is 21.9 Å². The molecular formula is C21H20BrN5O. The molecule has 0 atom stereocenters. The fourth-order valence-electron chi connectivity index (χ4n) is 3.09. The molecule has 0 radical (unpaired) electrons. The van der Waals surface area contributed by atoms with Crippen LogP contribution in [0.4, 0.5) is 6.01 Å². The molecule has 1 N–H and O–H groups in total. The molecule has 0 aliphatic heterocycles. The minimum absolute atomic E-state index is 0.401. The van der Waals surface area contributed by atoms with Gasteiger partial charge in [-0.1, -0.05) is 59.7 Å². The zero-order valence-corrected chi connectivity index (χ0v) is 17.3. The van der Waals surface area contributed by atoms with Crippen molar-refractivity contribution in [2.45, 2.75) is 26.9 Å². The van der Waals surface area contributed by atoms with Gasteiger partial charge in [-0.15, -0.1) is 5.10 Å². The second kappa shape index (κ2) is 7.98. The maximum atomic E-state index is 5.75. The van der Waals surface area contributed by atoms with E-state index in [-0.39, 0.29) is 0 Å². The molecule has 0 fully saturated rings. The van der Waals surface area contributed by atoms with E-state index in [1.165, 1.54) is 11.1 Å². The fraction of sp³-hybridized carbons (Fsp3) is 0.190. The van der Waals surface area contributed by atoms with Crippen LogP contribution in [0.25, 0.3) is 11.1 Å². The number of hydrogen-bond donors (Lipinski definition) is 1. The monoisotopic (exact) mass is 437 g/mol. The largest absolute Gasteiger partial charge is 0.406 e. The van der Waals surface area contributed by atoms with Gasteiger partial charge in [0.2, 0.25) is 5.89 Å². The number of anilines is 1. The third-order valence-electron chi connectivity index (χ3n) is 4.58. The highest BCUT2D eigenvalue weighted by atomic mass is 79.9. The molecule has 6 nitrogen and oxygen atoms in total. The topological polar surface area (TPSA) is 68.8 Å². The van der Waals surface area contributed by atoms with Gasteiger partial charge >= 0.3 is 6.01 Å². The van der Waals surface area contributed by atoms with E-state index < -0.39 is 0 Å². The van der Waals surface area contributed by atoms with Crippen LogP contribution in [-0.2, 0) is 13.1 Å². The number of rotatable bonds is 6. The quantitative estimate of drug-likeness (QED) is 0.460. The normalized spacial score (nSPS) is 11.0. The summed E-state index contributed by atoms with van der Waals surface area (Å²) >= 11 is 3.53. The van der Waals surface area contributed by atoms with Crippen LogP contribution in [0.5, 0.6) is 0 Å². The molecule has 142 valence electrons. The highest BCUT2D eigenvalue weighted by Crippen LogP contribution is 2.24. The van der Waals surface area contributed by atoms with Gasteiger partial charge in [0.15, 0.2) is 0 Å². The van der Waals surface area contributed by atoms with Crippen molar-refractivity contribution in [1.29, 1.82) is 0 Å². The Hall–Kier alpha value is -2.93. The minimum Gasteiger partial charge on any atom is -0.406 e. The van der Waals surface area contributed by atoms with Gasteiger partial charge in [0.25, 0.3) is 0 Å². The van der Waals surface area contributed by atoms with Crippen LogP contribution in [0.3, 0.4) is 0 Å². The van der Waals surface area contributed by atoms with Crippen molar-refractivity contribution in [3.05, 3.63) is 81.9 Å². The number of aromatic nitrogens is 4. The highest BCUT2D eigenvalue weighted by Gasteiger charge is 2.13. The number of benzene rings is 2. The van der Waals surface area contributed by atoms with Crippen LogP contribution in [0.15, 0.2) is 63.5 Å². The second-order valence-corrected chi connectivity index (χ2v) is 7.31. The van der Waals surface area contributed by atoms with E-state index in [1.54, 1.807) is 0 Å². The summed E-state index contributed by atoms with van der Waals surface area (Å²) in [6.45, 7) is 4.99. The summed E-state index contributed by atoms with van der Waals surface area (Å²) in [5, 5.41) is 15.9. The first-order chi connectivity index (χ1) is 13.6. The average molecular weight is 438 g/mol. The number of aryl methyl sites for hydroxylation is 1. The van der Waals surface area contributed by atoms with E-state index >= 15 is 0 Å². The summed E-state index contributed by atoms with van der Waals surface area (Å²) in [4.78, 5) is 0. The molecule has 2 aromatic heterocycles. The van der Waals surface area contributed by atoms with E-state index in [9.17, 15) is 0 Å². The standard InChI is InChI=1S/C21H20BrN5O/c1-14-20(22)15(2)27(26-14)13-19-24-25-21(28-19)23-12-17-10-6-7-11-18(17)16-8-4-3-5-9-16/h3-11H,12-13H2,1-2H3,(H,23,25). The summed E-state index contributed by atoms with van der Waals surface area (Å²) in [5.74, 6) is 0.511. The first-order valence-electron chi connectivity index (χ1n) is 9.01. The predicted molar refractivity (Wildman–Crippen MR) is 112 cm³/mol. The maximum absolute atomic E-state index is 5.75. The van der Waals surface area contributed by atoms with Crippen molar-refractivity contribution < 1.29 is 4.42 Å². The molecule has 0 aliphatic rings. The SMILES string of the molecule is Cc1nn(Cc2nnc(NCc3ccccc3-c3ccccc3)o2)c(C)c1Br. The van der Waals surface area contributed by atoms with E-state index in [1.807, 2.05) is 48.9 Å². The fourth-order valence-corrected chi connectivity index (χ4v) is 3.37. The van der Waals surface area contributed by atoms with Crippen LogP contribution in [0.1, 0.15) is 22.8 Å². The Balaban J connectivity index is 1.46. The summed E-state index contributed by atoms with van der Waals surface area (Å²) in [5.41, 5.74) is 5.50. The van der Waals surface area contributed by atoms with Crippen LogP contribution in [0, 0.1) is 13.8 Å². The van der Waals surface area contributed by atoms with Gasteiger partial charge in [-0.25, -0.2) is 0 Å². The van der Waals surface area contributed by atoms with Gasteiger partial charge in [-0.2, -0.15) is 5.10 Å². The van der Waals surface area contributed by atoms with Crippen molar-refractivity contribution in [2.75, 3.05) is 5.32 Å². The third-order valence-corrected chi connectivity index (χ3v) is 5.72. The molecule has 0 saturated heterocycles. The number of nitrogens with one attached hydrogen (secondary N) is 1. The van der Waals surface area contributed by atoms with E-state index in [4.69, 9.17) is 4.42 Å². The van der Waals surface area contributed by atoms with Gasteiger partial charge in [-0.3, -0.25) is 4.68 Å². The molecule has 0 saturated carbocycles. The van der Waals surface area contributed by atoms with Gasteiger partial charge in [0, 0.05) is 6.54 Å². The molecule has 4 aromatic rings. The Morgan fingerprint density at radius 3 is 2.50 bits per heavy atom. The lowest BCUT2D eigenvalue weighted by Crippen LogP contribution is -2.04. The Bertz CT molecular complexity index is 1090. The molecule has 0 bridgehead atoms. The molecule has 0 aliphatic carbocycles. The summed E-state index contributed by atoms with van der Waals surface area (Å²) in [6.07, 6.45) is 0. The van der Waals surface area contributed by atoms with E-state index in [0.29, 0.717) is 25.0 Å². The molecule has 2 heterocycles. The van der Waals surface area contributed by atoms with Crippen molar-refractivity contribution in [3.63, 3.8) is 0 Å². The lowest BCUT2D eigenvalue weighted by atomic mass is 10.00. The van der Waals surface area contributed by atoms with Crippen molar-refractivity contribution in [2.24, 2.45) is 0 Å². The lowest BCUT2D eigenvalue weighted by Gasteiger charge is -2.09. The van der Waals surface area contributed by atoms with Crippen LogP contribution >= 0.6 is 15.9 Å². The van der Waals surface area contributed by atoms with Crippen LogP contribution in [0.2, 0.25) is 0 Å². The number of nitrogens with zero attached hydrogens (tertiary/aromatic N) is 4. The first-order valence-corrected chi connectivity index (χ1v) is 9.80. The molecular weight excluding hydrogens is 418 g/mol. The molecule has 0 amide bonds. The zero-order valence-electron chi connectivity index (χ0n) is 15.7. The third kappa shape index (κ3) is 3.84. The lowest BCUT2D eigenvalue weighted by molar-refractivity contribution is 0.469. The molecule has 28 heavy (non-hydrogen) atoms. The zero-order chi connectivity index (χ0) is 19.5. The van der Waals surface area contributed by atoms with Crippen molar-refractivity contribution in [3.8, 4) is 11.1 Å². The van der Waals surface area contributed by atoms with Gasteiger partial charge in [0.1, 0.15) is 6.54 Å². The smallest absolute Gasteiger partial charge is 0.315 e. The maximum Gasteiger partial charge on any atom is 0.315 e. The molecule has 0 unspecified atom stereocenters. The van der Waals surface area contributed by atoms with E-state index in [0.717, 1.165) is 21.4 Å². The summed E-state index contributed by atoms with van der Waals surface area (Å²) in [7, 11) is 0. The Kier molecular flexibility index (Phi) is 5.25. The Morgan fingerprint density at radius 1 is 1.00 bits per heavy atom. The highest BCUT2D eigenvalue weighted by molar-refractivity contribution is 9.10. The molecule has 0 spiro atoms.